The van der Waals surface area contributed by atoms with Crippen molar-refractivity contribution >= 4 is 73.1 Å². The van der Waals surface area contributed by atoms with E-state index < -0.39 is 17.8 Å². The van der Waals surface area contributed by atoms with Crippen LogP contribution in [-0.4, -0.2) is 24.5 Å². The van der Waals surface area contributed by atoms with Crippen LogP contribution >= 0.6 is 43.5 Å². The smallest absolute Gasteiger partial charge is 0.335 e. The van der Waals surface area contributed by atoms with Crippen LogP contribution in [0.2, 0.25) is 5.02 Å². The lowest BCUT2D eigenvalue weighted by Crippen LogP contribution is -2.54. The molecule has 0 unspecified atom stereocenters. The first-order valence-corrected chi connectivity index (χ1v) is 10.2. The second kappa shape index (κ2) is 8.94. The molecule has 2 aromatic carbocycles. The summed E-state index contributed by atoms with van der Waals surface area (Å²) in [5, 5.41) is 2.47. The molecule has 0 saturated carbocycles. The Morgan fingerprint density at radius 3 is 2.45 bits per heavy atom. The van der Waals surface area contributed by atoms with Gasteiger partial charge in [-0.3, -0.25) is 14.9 Å². The summed E-state index contributed by atoms with van der Waals surface area (Å²) in [4.78, 5) is 38.3. The van der Waals surface area contributed by atoms with E-state index in [4.69, 9.17) is 16.3 Å². The van der Waals surface area contributed by atoms with E-state index in [2.05, 4.69) is 43.8 Å². The fraction of sp³-hybridized carbons (Fsp3) is 0.0500. The number of carbonyl (C=O) groups excluding carboxylic acids is 3. The van der Waals surface area contributed by atoms with Gasteiger partial charge in [0.1, 0.15) is 12.2 Å². The molecule has 1 saturated heterocycles. The number of urea groups is 1. The van der Waals surface area contributed by atoms with Crippen molar-refractivity contribution in [2.24, 2.45) is 0 Å². The third-order valence-electron chi connectivity index (χ3n) is 3.86. The van der Waals surface area contributed by atoms with E-state index in [0.29, 0.717) is 21.5 Å². The van der Waals surface area contributed by atoms with Gasteiger partial charge in [-0.25, -0.2) is 9.69 Å². The highest BCUT2D eigenvalue weighted by Crippen LogP contribution is 2.35. The lowest BCUT2D eigenvalue weighted by atomic mass is 10.1. The molecule has 1 aliphatic rings. The number of nitrogens with zero attached hydrogens (tertiary/aromatic N) is 1. The van der Waals surface area contributed by atoms with Gasteiger partial charge in [0.25, 0.3) is 11.8 Å². The molecule has 1 fully saturated rings. The molecule has 148 valence electrons. The number of hydrogen-bond acceptors (Lipinski definition) is 4. The standard InChI is InChI=1S/C20H13Br2ClN2O4/c1-2-7-29-17-15(22)9-11(10-16(17)23)8-14-18(26)24-20(28)25(19(14)27)13-5-3-12(21)4-6-13/h2-6,8-10H,1,7H2,(H,24,26,28)/b14-8+. The molecule has 3 rings (SSSR count). The van der Waals surface area contributed by atoms with Gasteiger partial charge in [0.2, 0.25) is 0 Å². The molecule has 4 amide bonds. The van der Waals surface area contributed by atoms with Crippen LogP contribution in [0.5, 0.6) is 5.75 Å². The molecule has 9 heteroatoms. The minimum Gasteiger partial charge on any atom is -0.487 e. The predicted octanol–water partition coefficient (Wildman–Crippen LogP) is 5.10. The van der Waals surface area contributed by atoms with E-state index in [1.165, 1.54) is 6.08 Å². The molecule has 0 aliphatic carbocycles. The molecule has 1 N–H and O–H groups in total. The Morgan fingerprint density at radius 1 is 1.14 bits per heavy atom. The summed E-state index contributed by atoms with van der Waals surface area (Å²) in [5.74, 6) is -1.10. The topological polar surface area (TPSA) is 75.7 Å². The van der Waals surface area contributed by atoms with Crippen LogP contribution in [0.4, 0.5) is 10.5 Å². The van der Waals surface area contributed by atoms with Crippen LogP contribution < -0.4 is 15.0 Å². The van der Waals surface area contributed by atoms with Crippen molar-refractivity contribution in [2.45, 2.75) is 0 Å². The highest BCUT2D eigenvalue weighted by molar-refractivity contribution is 9.10. The van der Waals surface area contributed by atoms with Gasteiger partial charge >= 0.3 is 6.03 Å². The number of barbiturate groups is 1. The van der Waals surface area contributed by atoms with Gasteiger partial charge in [-0.2, -0.15) is 0 Å². The van der Waals surface area contributed by atoms with Crippen molar-refractivity contribution in [2.75, 3.05) is 11.5 Å². The van der Waals surface area contributed by atoms with Crippen LogP contribution in [0.25, 0.3) is 6.08 Å². The Morgan fingerprint density at radius 2 is 1.83 bits per heavy atom. The van der Waals surface area contributed by atoms with Crippen molar-refractivity contribution in [3.05, 3.63) is 74.2 Å². The normalized spacial score (nSPS) is 15.5. The molecular formula is C20H13Br2ClN2O4. The third-order valence-corrected chi connectivity index (χ3v) is 5.26. The van der Waals surface area contributed by atoms with Crippen molar-refractivity contribution < 1.29 is 19.1 Å². The predicted molar refractivity (Wildman–Crippen MR) is 118 cm³/mol. The molecular weight excluding hydrogens is 527 g/mol. The maximum Gasteiger partial charge on any atom is 0.335 e. The SMILES string of the molecule is C=CCOc1c(Cl)cc(/C=C2\C(=O)NC(=O)N(c3ccc(Br)cc3)C2=O)cc1Br. The van der Waals surface area contributed by atoms with E-state index in [1.54, 1.807) is 42.5 Å². The lowest BCUT2D eigenvalue weighted by Gasteiger charge is -2.26. The Bertz CT molecular complexity index is 1030. The number of benzene rings is 2. The van der Waals surface area contributed by atoms with Gasteiger partial charge in [-0.1, -0.05) is 40.2 Å². The lowest BCUT2D eigenvalue weighted by molar-refractivity contribution is -0.122. The second-order valence-corrected chi connectivity index (χ2v) is 8.02. The van der Waals surface area contributed by atoms with Crippen LogP contribution in [0.15, 0.2) is 63.6 Å². The van der Waals surface area contributed by atoms with Crippen molar-refractivity contribution in [3.63, 3.8) is 0 Å². The summed E-state index contributed by atoms with van der Waals surface area (Å²) in [6.45, 7) is 3.85. The summed E-state index contributed by atoms with van der Waals surface area (Å²) in [5.41, 5.74) is 0.619. The average molecular weight is 541 g/mol. The average Bonchev–Trinajstić information content (AvgIpc) is 2.66. The van der Waals surface area contributed by atoms with E-state index in [0.717, 1.165) is 9.37 Å². The largest absolute Gasteiger partial charge is 0.487 e. The van der Waals surface area contributed by atoms with Gasteiger partial charge in [0.05, 0.1) is 15.2 Å². The number of imide groups is 2. The first-order chi connectivity index (χ1) is 13.8. The Balaban J connectivity index is 1.98. The molecule has 29 heavy (non-hydrogen) atoms. The van der Waals surface area contributed by atoms with Crippen LogP contribution in [-0.2, 0) is 9.59 Å². The minimum atomic E-state index is -0.813. The summed E-state index contributed by atoms with van der Waals surface area (Å²) < 4.78 is 6.81. The minimum absolute atomic E-state index is 0.199. The number of halogens is 3. The van der Waals surface area contributed by atoms with Crippen LogP contribution in [0.3, 0.4) is 0 Å². The van der Waals surface area contributed by atoms with Gasteiger partial charge in [0.15, 0.2) is 5.75 Å². The fourth-order valence-corrected chi connectivity index (χ4v) is 3.84. The quantitative estimate of drug-likeness (QED) is 0.326. The highest BCUT2D eigenvalue weighted by Gasteiger charge is 2.36. The van der Waals surface area contributed by atoms with Gasteiger partial charge in [-0.05, 0) is 64.0 Å². The molecule has 2 aromatic rings. The Labute approximate surface area is 188 Å². The first kappa shape index (κ1) is 21.3. The number of nitrogens with one attached hydrogen (secondary N) is 1. The Hall–Kier alpha value is -2.42. The van der Waals surface area contributed by atoms with Gasteiger partial charge in [-0.15, -0.1) is 0 Å². The maximum absolute atomic E-state index is 12.9. The molecule has 1 aliphatic heterocycles. The van der Waals surface area contributed by atoms with E-state index in [9.17, 15) is 14.4 Å². The number of amides is 4. The monoisotopic (exact) mass is 538 g/mol. The maximum atomic E-state index is 12.9. The fourth-order valence-electron chi connectivity index (χ4n) is 2.59. The van der Waals surface area contributed by atoms with Crippen molar-refractivity contribution in [1.29, 1.82) is 0 Å². The highest BCUT2D eigenvalue weighted by atomic mass is 79.9. The number of carbonyl (C=O) groups is 3. The zero-order valence-electron chi connectivity index (χ0n) is 14.7. The van der Waals surface area contributed by atoms with E-state index in [-0.39, 0.29) is 17.2 Å². The first-order valence-electron chi connectivity index (χ1n) is 8.21. The number of ether oxygens (including phenoxy) is 1. The third kappa shape index (κ3) is 4.60. The summed E-state index contributed by atoms with van der Waals surface area (Å²) in [7, 11) is 0. The second-order valence-electron chi connectivity index (χ2n) is 5.85. The molecule has 0 radical (unpaired) electrons. The summed E-state index contributed by atoms with van der Waals surface area (Å²) in [6.07, 6.45) is 2.95. The van der Waals surface area contributed by atoms with E-state index in [1.807, 2.05) is 0 Å². The van der Waals surface area contributed by atoms with Crippen LogP contribution in [0, 0.1) is 0 Å². The number of rotatable bonds is 5. The molecule has 6 nitrogen and oxygen atoms in total. The van der Waals surface area contributed by atoms with Gasteiger partial charge in [0, 0.05) is 4.47 Å². The zero-order chi connectivity index (χ0) is 21.1. The molecule has 0 atom stereocenters. The Kier molecular flexibility index (Phi) is 6.56. The molecule has 1 heterocycles. The number of hydrogen-bond donors (Lipinski definition) is 1. The zero-order valence-corrected chi connectivity index (χ0v) is 18.7. The van der Waals surface area contributed by atoms with E-state index >= 15 is 0 Å². The van der Waals surface area contributed by atoms with Crippen molar-refractivity contribution in [3.8, 4) is 5.75 Å². The van der Waals surface area contributed by atoms with Crippen molar-refractivity contribution in [1.82, 2.24) is 5.32 Å². The van der Waals surface area contributed by atoms with Crippen LogP contribution in [0.1, 0.15) is 5.56 Å². The molecule has 0 spiro atoms. The summed E-state index contributed by atoms with van der Waals surface area (Å²) in [6, 6.07) is 8.95. The number of anilines is 1. The summed E-state index contributed by atoms with van der Waals surface area (Å²) >= 11 is 12.9. The molecule has 0 aromatic heterocycles. The molecule has 0 bridgehead atoms. The van der Waals surface area contributed by atoms with Gasteiger partial charge < -0.3 is 4.74 Å².